The van der Waals surface area contributed by atoms with Gasteiger partial charge in [-0.05, 0) is 48.5 Å². The number of furan rings is 1. The molecule has 0 aliphatic carbocycles. The number of anilines is 1. The van der Waals surface area contributed by atoms with E-state index in [1.54, 1.807) is 32.2 Å². The fourth-order valence-electron chi connectivity index (χ4n) is 3.17. The van der Waals surface area contributed by atoms with Gasteiger partial charge < -0.3 is 19.2 Å². The first-order chi connectivity index (χ1) is 14.4. The van der Waals surface area contributed by atoms with Gasteiger partial charge in [-0.15, -0.1) is 0 Å². The molecule has 0 atom stereocenters. The molecule has 0 bridgehead atoms. The van der Waals surface area contributed by atoms with E-state index in [1.807, 2.05) is 12.1 Å². The van der Waals surface area contributed by atoms with E-state index in [2.05, 4.69) is 9.89 Å². The average molecular weight is 427 g/mol. The van der Waals surface area contributed by atoms with Crippen molar-refractivity contribution in [3.8, 4) is 0 Å². The lowest BCUT2D eigenvalue weighted by Gasteiger charge is -2.26. The highest BCUT2D eigenvalue weighted by molar-refractivity contribution is 8.18. The first-order valence-electron chi connectivity index (χ1n) is 9.45. The van der Waals surface area contributed by atoms with E-state index in [1.165, 1.54) is 22.7 Å². The molecule has 156 valence electrons. The highest BCUT2D eigenvalue weighted by atomic mass is 32.2. The summed E-state index contributed by atoms with van der Waals surface area (Å²) in [7, 11) is 1.66. The van der Waals surface area contributed by atoms with Crippen molar-refractivity contribution in [3.05, 3.63) is 52.1 Å². The number of carboxylic acid groups (broad SMARTS) is 1. The van der Waals surface area contributed by atoms with Crippen molar-refractivity contribution in [1.82, 2.24) is 4.90 Å². The van der Waals surface area contributed by atoms with Gasteiger partial charge in [-0.2, -0.15) is 0 Å². The first kappa shape index (κ1) is 20.2. The Balaban J connectivity index is 1.54. The molecule has 1 amide bonds. The molecule has 2 aliphatic rings. The fraction of sp³-hybridized carbons (Fsp3) is 0.286. The van der Waals surface area contributed by atoms with E-state index in [0.29, 0.717) is 34.7 Å². The number of amides is 1. The van der Waals surface area contributed by atoms with E-state index >= 15 is 0 Å². The summed E-state index contributed by atoms with van der Waals surface area (Å²) in [6, 6.07) is 8.45. The van der Waals surface area contributed by atoms with Crippen LogP contribution in [0.25, 0.3) is 6.08 Å². The molecule has 2 aliphatic heterocycles. The summed E-state index contributed by atoms with van der Waals surface area (Å²) in [6.07, 6.45) is 1.72. The van der Waals surface area contributed by atoms with Crippen LogP contribution in [-0.2, 0) is 9.53 Å². The van der Waals surface area contributed by atoms with Gasteiger partial charge in [0.1, 0.15) is 5.76 Å². The van der Waals surface area contributed by atoms with Crippen LogP contribution in [0.3, 0.4) is 0 Å². The van der Waals surface area contributed by atoms with Crippen LogP contribution in [0.1, 0.15) is 21.7 Å². The van der Waals surface area contributed by atoms with Gasteiger partial charge >= 0.3 is 5.97 Å². The van der Waals surface area contributed by atoms with Crippen LogP contribution in [0.4, 0.5) is 11.6 Å². The number of hydrogen-bond donors (Lipinski definition) is 1. The molecular weight excluding hydrogens is 406 g/mol. The molecule has 0 unspecified atom stereocenters. The molecule has 0 saturated carbocycles. The van der Waals surface area contributed by atoms with Crippen molar-refractivity contribution in [2.75, 3.05) is 38.3 Å². The molecule has 2 saturated heterocycles. The van der Waals surface area contributed by atoms with Crippen molar-refractivity contribution >= 4 is 46.5 Å². The summed E-state index contributed by atoms with van der Waals surface area (Å²) >= 11 is 1.26. The number of rotatable bonds is 4. The number of aryl methyl sites for hydroxylation is 1. The number of ether oxygens (including phenoxy) is 1. The van der Waals surface area contributed by atoms with Crippen LogP contribution in [-0.4, -0.2) is 60.4 Å². The van der Waals surface area contributed by atoms with Crippen LogP contribution >= 0.6 is 11.8 Å². The zero-order valence-electron chi connectivity index (χ0n) is 16.6. The Morgan fingerprint density at radius 2 is 2.00 bits per heavy atom. The molecule has 8 nitrogen and oxygen atoms in total. The lowest BCUT2D eigenvalue weighted by Crippen LogP contribution is -2.35. The Labute approximate surface area is 177 Å². The molecule has 0 spiro atoms. The molecule has 3 heterocycles. The molecule has 1 aromatic carbocycles. The summed E-state index contributed by atoms with van der Waals surface area (Å²) in [5.74, 6) is 0.212. The average Bonchev–Trinajstić information content (AvgIpc) is 3.31. The maximum atomic E-state index is 12.7. The number of amidine groups is 1. The molecule has 2 aromatic rings. The summed E-state index contributed by atoms with van der Waals surface area (Å²) in [6.45, 7) is 4.68. The van der Waals surface area contributed by atoms with Crippen molar-refractivity contribution in [3.63, 3.8) is 0 Å². The van der Waals surface area contributed by atoms with Crippen molar-refractivity contribution in [2.24, 2.45) is 4.99 Å². The number of benzene rings is 1. The SMILES string of the molecule is Cc1cc(C(=O)O)ccc1N=C1S/C(=C\c2ccc(N3CCOCC3)o2)C(=O)N1C. The normalized spacial score (nSPS) is 19.9. The Bertz CT molecular complexity index is 1050. The van der Waals surface area contributed by atoms with Crippen molar-refractivity contribution < 1.29 is 23.8 Å². The highest BCUT2D eigenvalue weighted by Crippen LogP contribution is 2.34. The number of morpholine rings is 1. The van der Waals surface area contributed by atoms with E-state index in [0.717, 1.165) is 24.5 Å². The lowest BCUT2D eigenvalue weighted by molar-refractivity contribution is -0.121. The van der Waals surface area contributed by atoms with Crippen molar-refractivity contribution in [2.45, 2.75) is 6.92 Å². The second kappa shape index (κ2) is 8.37. The second-order valence-electron chi connectivity index (χ2n) is 6.95. The maximum absolute atomic E-state index is 12.7. The molecule has 4 rings (SSSR count). The number of carboxylic acids is 1. The number of carbonyl (C=O) groups excluding carboxylic acids is 1. The van der Waals surface area contributed by atoms with Crippen LogP contribution in [0.5, 0.6) is 0 Å². The zero-order chi connectivity index (χ0) is 21.3. The Hall–Kier alpha value is -3.04. The van der Waals surface area contributed by atoms with Gasteiger partial charge in [-0.1, -0.05) is 0 Å². The molecule has 2 fully saturated rings. The summed E-state index contributed by atoms with van der Waals surface area (Å²) in [5, 5.41) is 9.63. The standard InChI is InChI=1S/C21H21N3O5S/c1-13-11-14(20(26)27)3-5-16(13)22-21-23(2)19(25)17(30-21)12-15-4-6-18(29-15)24-7-9-28-10-8-24/h3-6,11-12H,7-10H2,1-2H3,(H,26,27)/b17-12-,22-21?. The Kier molecular flexibility index (Phi) is 5.65. The van der Waals surface area contributed by atoms with Gasteiger partial charge in [-0.3, -0.25) is 9.69 Å². The number of aromatic carboxylic acids is 1. The van der Waals surface area contributed by atoms with Gasteiger partial charge in [0.25, 0.3) is 5.91 Å². The predicted octanol–water partition coefficient (Wildman–Crippen LogP) is 3.36. The third kappa shape index (κ3) is 4.12. The molecular formula is C21H21N3O5S. The van der Waals surface area contributed by atoms with Gasteiger partial charge in [0.2, 0.25) is 0 Å². The summed E-state index contributed by atoms with van der Waals surface area (Å²) in [4.78, 5) is 32.4. The van der Waals surface area contributed by atoms with E-state index < -0.39 is 5.97 Å². The van der Waals surface area contributed by atoms with Gasteiger partial charge in [0.15, 0.2) is 11.1 Å². The first-order valence-corrected chi connectivity index (χ1v) is 10.3. The maximum Gasteiger partial charge on any atom is 0.335 e. The number of hydrogen-bond acceptors (Lipinski definition) is 7. The van der Waals surface area contributed by atoms with Crippen LogP contribution in [0.15, 0.2) is 44.6 Å². The van der Waals surface area contributed by atoms with E-state index in [-0.39, 0.29) is 11.5 Å². The van der Waals surface area contributed by atoms with Crippen LogP contribution in [0, 0.1) is 6.92 Å². The quantitative estimate of drug-likeness (QED) is 0.748. The van der Waals surface area contributed by atoms with Crippen molar-refractivity contribution in [1.29, 1.82) is 0 Å². The minimum Gasteiger partial charge on any atom is -0.478 e. The number of likely N-dealkylation sites (N-methyl/N-ethyl adjacent to an activating group) is 1. The topological polar surface area (TPSA) is 95.6 Å². The Morgan fingerprint density at radius 1 is 1.23 bits per heavy atom. The minimum atomic E-state index is -0.986. The van der Waals surface area contributed by atoms with Gasteiger partial charge in [0, 0.05) is 32.3 Å². The number of carbonyl (C=O) groups is 2. The third-order valence-corrected chi connectivity index (χ3v) is 5.93. The molecule has 9 heteroatoms. The minimum absolute atomic E-state index is 0.164. The molecule has 0 radical (unpaired) electrons. The molecule has 30 heavy (non-hydrogen) atoms. The van der Waals surface area contributed by atoms with Crippen LogP contribution in [0.2, 0.25) is 0 Å². The molecule has 1 N–H and O–H groups in total. The highest BCUT2D eigenvalue weighted by Gasteiger charge is 2.31. The predicted molar refractivity (Wildman–Crippen MR) is 115 cm³/mol. The third-order valence-electron chi connectivity index (χ3n) is 4.87. The van der Waals surface area contributed by atoms with Crippen LogP contribution < -0.4 is 4.90 Å². The summed E-state index contributed by atoms with van der Waals surface area (Å²) < 4.78 is 11.2. The number of nitrogens with zero attached hydrogens (tertiary/aromatic N) is 3. The Morgan fingerprint density at radius 3 is 2.70 bits per heavy atom. The summed E-state index contributed by atoms with van der Waals surface area (Å²) in [5.41, 5.74) is 1.55. The number of aliphatic imine (C=N–C) groups is 1. The smallest absolute Gasteiger partial charge is 0.335 e. The van der Waals surface area contributed by atoms with Gasteiger partial charge in [-0.25, -0.2) is 9.79 Å². The lowest BCUT2D eigenvalue weighted by atomic mass is 10.1. The van der Waals surface area contributed by atoms with E-state index in [9.17, 15) is 9.59 Å². The van der Waals surface area contributed by atoms with Gasteiger partial charge in [0.05, 0.1) is 29.4 Å². The monoisotopic (exact) mass is 427 g/mol. The van der Waals surface area contributed by atoms with E-state index in [4.69, 9.17) is 14.3 Å². The molecule has 1 aromatic heterocycles. The largest absolute Gasteiger partial charge is 0.478 e. The number of thioether (sulfide) groups is 1. The zero-order valence-corrected chi connectivity index (χ0v) is 17.4. The fourth-order valence-corrected chi connectivity index (χ4v) is 4.13. The second-order valence-corrected chi connectivity index (χ2v) is 7.96.